The van der Waals surface area contributed by atoms with E-state index in [1.54, 1.807) is 24.5 Å². The summed E-state index contributed by atoms with van der Waals surface area (Å²) in [7, 11) is 0. The van der Waals surface area contributed by atoms with E-state index in [1.807, 2.05) is 18.2 Å². The molecule has 2 N–H and O–H groups in total. The van der Waals surface area contributed by atoms with Gasteiger partial charge in [-0.25, -0.2) is 0 Å². The minimum Gasteiger partial charge on any atom is -0.464 e. The first kappa shape index (κ1) is 19.2. The fraction of sp³-hybridized carbons (Fsp3) is 0.200. The van der Waals surface area contributed by atoms with Crippen molar-refractivity contribution in [2.75, 3.05) is 5.32 Å². The van der Waals surface area contributed by atoms with Crippen LogP contribution in [-0.4, -0.2) is 11.8 Å². The molecule has 0 bridgehead atoms. The molecule has 0 radical (unpaired) electrons. The van der Waals surface area contributed by atoms with Gasteiger partial charge in [-0.05, 0) is 72.4 Å². The van der Waals surface area contributed by atoms with E-state index in [2.05, 4.69) is 22.8 Å². The van der Waals surface area contributed by atoms with Gasteiger partial charge in [-0.3, -0.25) is 9.59 Å². The monoisotopic (exact) mass is 414 g/mol. The molecule has 0 atom stereocenters. The van der Waals surface area contributed by atoms with Crippen molar-refractivity contribution in [2.24, 2.45) is 0 Å². The Bertz CT molecular complexity index is 1250. The van der Waals surface area contributed by atoms with Gasteiger partial charge in [-0.1, -0.05) is 12.1 Å². The van der Waals surface area contributed by atoms with Crippen molar-refractivity contribution in [2.45, 2.75) is 32.2 Å². The predicted octanol–water partition coefficient (Wildman–Crippen LogP) is 4.63. The summed E-state index contributed by atoms with van der Waals surface area (Å²) < 4.78 is 10.8. The van der Waals surface area contributed by atoms with E-state index in [9.17, 15) is 9.59 Å². The van der Waals surface area contributed by atoms with Gasteiger partial charge in [0.25, 0.3) is 5.91 Å². The first-order chi connectivity index (χ1) is 15.2. The van der Waals surface area contributed by atoms with Gasteiger partial charge in [0.15, 0.2) is 5.76 Å². The molecule has 6 heteroatoms. The van der Waals surface area contributed by atoms with Gasteiger partial charge in [-0.2, -0.15) is 0 Å². The Morgan fingerprint density at radius 2 is 1.84 bits per heavy atom. The second-order valence-electron chi connectivity index (χ2n) is 7.82. The highest BCUT2D eigenvalue weighted by Crippen LogP contribution is 2.30. The quantitative estimate of drug-likeness (QED) is 0.482. The molecule has 2 aromatic heterocycles. The Morgan fingerprint density at radius 1 is 0.968 bits per heavy atom. The van der Waals surface area contributed by atoms with Gasteiger partial charge in [0.2, 0.25) is 5.91 Å². The third kappa shape index (κ3) is 4.10. The first-order valence-electron chi connectivity index (χ1n) is 10.4. The molecule has 0 saturated carbocycles. The van der Waals surface area contributed by atoms with Crippen LogP contribution in [0.4, 0.5) is 5.69 Å². The maximum Gasteiger partial charge on any atom is 0.291 e. The molecule has 2 heterocycles. The number of aryl methyl sites for hydroxylation is 2. The van der Waals surface area contributed by atoms with Gasteiger partial charge in [0.1, 0.15) is 5.58 Å². The third-order valence-electron chi connectivity index (χ3n) is 5.64. The van der Waals surface area contributed by atoms with Crippen LogP contribution >= 0.6 is 0 Å². The molecule has 156 valence electrons. The highest BCUT2D eigenvalue weighted by Gasteiger charge is 2.17. The van der Waals surface area contributed by atoms with Crippen molar-refractivity contribution in [3.05, 3.63) is 89.1 Å². The first-order valence-corrected chi connectivity index (χ1v) is 10.4. The summed E-state index contributed by atoms with van der Waals surface area (Å²) in [5, 5.41) is 6.77. The summed E-state index contributed by atoms with van der Waals surface area (Å²) in [6.07, 6.45) is 6.78. The van der Waals surface area contributed by atoms with Crippen LogP contribution < -0.4 is 10.6 Å². The van der Waals surface area contributed by atoms with E-state index < -0.39 is 0 Å². The lowest BCUT2D eigenvalue weighted by atomic mass is 10.0. The summed E-state index contributed by atoms with van der Waals surface area (Å²) in [4.78, 5) is 24.7. The number of fused-ring (bicyclic) bond motifs is 2. The average molecular weight is 414 g/mol. The van der Waals surface area contributed by atoms with Crippen molar-refractivity contribution in [3.63, 3.8) is 0 Å². The fourth-order valence-corrected chi connectivity index (χ4v) is 4.08. The second-order valence-corrected chi connectivity index (χ2v) is 7.82. The lowest BCUT2D eigenvalue weighted by molar-refractivity contribution is -0.120. The zero-order valence-electron chi connectivity index (χ0n) is 16.9. The smallest absolute Gasteiger partial charge is 0.291 e. The molecule has 0 saturated heterocycles. The topological polar surface area (TPSA) is 84.5 Å². The number of hydrogen-bond acceptors (Lipinski definition) is 4. The number of benzene rings is 2. The zero-order valence-corrected chi connectivity index (χ0v) is 16.9. The number of amides is 2. The van der Waals surface area contributed by atoms with Crippen LogP contribution in [0.3, 0.4) is 0 Å². The van der Waals surface area contributed by atoms with E-state index >= 15 is 0 Å². The number of furan rings is 2. The largest absolute Gasteiger partial charge is 0.464 e. The number of carbonyl (C=O) groups is 2. The van der Waals surface area contributed by atoms with Crippen molar-refractivity contribution in [1.29, 1.82) is 0 Å². The maximum absolute atomic E-state index is 12.5. The van der Waals surface area contributed by atoms with Crippen LogP contribution in [0.25, 0.3) is 11.0 Å². The van der Waals surface area contributed by atoms with E-state index in [0.29, 0.717) is 12.2 Å². The summed E-state index contributed by atoms with van der Waals surface area (Å²) in [6, 6.07) is 14.9. The molecule has 0 unspecified atom stereocenters. The number of hydrogen-bond donors (Lipinski definition) is 2. The Labute approximate surface area is 179 Å². The number of rotatable bonds is 6. The SMILES string of the molecule is O=C(Cc1coc2cc3c(cc12)CCC3)NCc1cccc(NC(=O)c2ccco2)c1. The average Bonchev–Trinajstić information content (AvgIpc) is 3.52. The van der Waals surface area contributed by atoms with Crippen LogP contribution in [-0.2, 0) is 30.6 Å². The Balaban J connectivity index is 1.21. The van der Waals surface area contributed by atoms with E-state index in [-0.39, 0.29) is 24.0 Å². The molecule has 0 fully saturated rings. The summed E-state index contributed by atoms with van der Waals surface area (Å²) in [6.45, 7) is 0.370. The van der Waals surface area contributed by atoms with Crippen LogP contribution in [0.1, 0.15) is 39.2 Å². The Morgan fingerprint density at radius 3 is 2.68 bits per heavy atom. The highest BCUT2D eigenvalue weighted by atomic mass is 16.3. The summed E-state index contributed by atoms with van der Waals surface area (Å²) in [5.74, 6) is -0.144. The lowest BCUT2D eigenvalue weighted by Gasteiger charge is -2.08. The van der Waals surface area contributed by atoms with Crippen molar-refractivity contribution >= 4 is 28.5 Å². The van der Waals surface area contributed by atoms with E-state index in [1.165, 1.54) is 23.8 Å². The standard InChI is InChI=1S/C25H22N2O4/c28-24(13-19-15-31-23-12-18-6-2-5-17(18)11-21(19)23)26-14-16-4-1-7-20(10-16)27-25(29)22-8-3-9-30-22/h1,3-4,7-12,15H,2,5-6,13-14H2,(H,26,28)(H,27,29). The van der Waals surface area contributed by atoms with Gasteiger partial charge in [0, 0.05) is 23.2 Å². The second kappa shape index (κ2) is 8.14. The van der Waals surface area contributed by atoms with Gasteiger partial charge < -0.3 is 19.5 Å². The molecule has 2 aromatic carbocycles. The minimum absolute atomic E-state index is 0.0757. The van der Waals surface area contributed by atoms with Crippen LogP contribution in [0.2, 0.25) is 0 Å². The summed E-state index contributed by atoms with van der Waals surface area (Å²) in [5.41, 5.74) is 6.01. The lowest BCUT2D eigenvalue weighted by Crippen LogP contribution is -2.24. The fourth-order valence-electron chi connectivity index (χ4n) is 4.08. The number of carbonyl (C=O) groups excluding carboxylic acids is 2. The normalized spacial score (nSPS) is 12.6. The molecule has 1 aliphatic rings. The molecule has 2 amide bonds. The molecule has 4 aromatic rings. The maximum atomic E-state index is 12.5. The van der Waals surface area contributed by atoms with Crippen LogP contribution in [0.5, 0.6) is 0 Å². The molecular formula is C25H22N2O4. The zero-order chi connectivity index (χ0) is 21.2. The molecular weight excluding hydrogens is 392 g/mol. The Hall–Kier alpha value is -3.80. The molecule has 0 spiro atoms. The van der Waals surface area contributed by atoms with Crippen molar-refractivity contribution < 1.29 is 18.4 Å². The molecule has 0 aliphatic heterocycles. The van der Waals surface area contributed by atoms with E-state index in [0.717, 1.165) is 34.9 Å². The molecule has 6 nitrogen and oxygen atoms in total. The third-order valence-corrected chi connectivity index (χ3v) is 5.64. The molecule has 31 heavy (non-hydrogen) atoms. The molecule has 5 rings (SSSR count). The molecule has 1 aliphatic carbocycles. The number of anilines is 1. The summed E-state index contributed by atoms with van der Waals surface area (Å²) >= 11 is 0. The van der Waals surface area contributed by atoms with Crippen LogP contribution in [0.15, 0.2) is 69.9 Å². The van der Waals surface area contributed by atoms with Crippen molar-refractivity contribution in [3.8, 4) is 0 Å². The van der Waals surface area contributed by atoms with Gasteiger partial charge in [0.05, 0.1) is 18.9 Å². The van der Waals surface area contributed by atoms with Crippen molar-refractivity contribution in [1.82, 2.24) is 5.32 Å². The van der Waals surface area contributed by atoms with E-state index in [4.69, 9.17) is 8.83 Å². The minimum atomic E-state index is -0.315. The number of nitrogens with one attached hydrogen (secondary N) is 2. The van der Waals surface area contributed by atoms with Crippen LogP contribution in [0, 0.1) is 0 Å². The Kier molecular flexibility index (Phi) is 5.04. The van der Waals surface area contributed by atoms with Gasteiger partial charge >= 0.3 is 0 Å². The highest BCUT2D eigenvalue weighted by molar-refractivity contribution is 6.02. The predicted molar refractivity (Wildman–Crippen MR) is 117 cm³/mol. The van der Waals surface area contributed by atoms with Gasteiger partial charge in [-0.15, -0.1) is 0 Å².